The minimum absolute atomic E-state index is 0.00592. The quantitative estimate of drug-likeness (QED) is 0.433. The molecule has 3 atom stereocenters. The van der Waals surface area contributed by atoms with Gasteiger partial charge in [-0.05, 0) is 49.3 Å². The molecular weight excluding hydrogens is 324 g/mol. The zero-order chi connectivity index (χ0) is 19.4. The number of hydrogen-bond acceptors (Lipinski definition) is 3. The van der Waals surface area contributed by atoms with Crippen LogP contribution < -0.4 is 9.47 Å². The Morgan fingerprint density at radius 3 is 2.50 bits per heavy atom. The van der Waals surface area contributed by atoms with Crippen LogP contribution in [-0.4, -0.2) is 19.0 Å². The molecule has 3 heteroatoms. The summed E-state index contributed by atoms with van der Waals surface area (Å²) in [4.78, 5) is 11.0. The lowest BCUT2D eigenvalue weighted by Gasteiger charge is -2.36. The Labute approximate surface area is 158 Å². The maximum absolute atomic E-state index is 11.0. The molecule has 0 N–H and O–H groups in total. The molecule has 0 fully saturated rings. The Morgan fingerprint density at radius 1 is 1.19 bits per heavy atom. The number of benzene rings is 1. The van der Waals surface area contributed by atoms with Crippen molar-refractivity contribution in [2.45, 2.75) is 54.1 Å². The van der Waals surface area contributed by atoms with Gasteiger partial charge in [-0.15, -0.1) is 0 Å². The summed E-state index contributed by atoms with van der Waals surface area (Å²) in [6.07, 6.45) is 11.1. The normalized spacial score (nSPS) is 23.8. The second-order valence-corrected chi connectivity index (χ2v) is 8.04. The zero-order valence-electron chi connectivity index (χ0n) is 16.9. The van der Waals surface area contributed by atoms with E-state index >= 15 is 0 Å². The van der Waals surface area contributed by atoms with Gasteiger partial charge in [-0.2, -0.15) is 0 Å². The van der Waals surface area contributed by atoms with E-state index in [0.29, 0.717) is 23.7 Å². The molecule has 0 spiro atoms. The Bertz CT molecular complexity index is 687. The van der Waals surface area contributed by atoms with Gasteiger partial charge in [0.1, 0.15) is 12.4 Å². The van der Waals surface area contributed by atoms with Gasteiger partial charge in [0.05, 0.1) is 6.61 Å². The molecule has 3 nitrogen and oxygen atoms in total. The topological polar surface area (TPSA) is 35.5 Å². The number of allylic oxidation sites excluding steroid dienone is 3. The minimum Gasteiger partial charge on any atom is -0.490 e. The number of hydrogen-bond donors (Lipinski definition) is 0. The van der Waals surface area contributed by atoms with Crippen molar-refractivity contribution in [1.82, 2.24) is 0 Å². The Kier molecular flexibility index (Phi) is 6.33. The molecule has 1 aliphatic carbocycles. The SMILES string of the molecule is CCOc1cc(C=O)ccc1OC(C)C(C)C=CC1(C)CC=CC1(C)C. The predicted octanol–water partition coefficient (Wildman–Crippen LogP) is 5.85. The first-order valence-electron chi connectivity index (χ1n) is 9.48. The van der Waals surface area contributed by atoms with Crippen molar-refractivity contribution in [1.29, 1.82) is 0 Å². The molecule has 3 unspecified atom stereocenters. The number of carbonyl (C=O) groups is 1. The van der Waals surface area contributed by atoms with Crippen LogP contribution in [0.15, 0.2) is 42.5 Å². The van der Waals surface area contributed by atoms with Gasteiger partial charge in [-0.25, -0.2) is 0 Å². The van der Waals surface area contributed by atoms with Crippen molar-refractivity contribution in [3.63, 3.8) is 0 Å². The van der Waals surface area contributed by atoms with Crippen molar-refractivity contribution in [3.8, 4) is 11.5 Å². The number of carbonyl (C=O) groups excluding carboxylic acids is 1. The van der Waals surface area contributed by atoms with Gasteiger partial charge in [0, 0.05) is 11.5 Å². The molecule has 1 aliphatic rings. The van der Waals surface area contributed by atoms with Crippen molar-refractivity contribution in [3.05, 3.63) is 48.1 Å². The second-order valence-electron chi connectivity index (χ2n) is 8.04. The monoisotopic (exact) mass is 356 g/mol. The largest absolute Gasteiger partial charge is 0.490 e. The van der Waals surface area contributed by atoms with Crippen LogP contribution in [0.2, 0.25) is 0 Å². The first-order valence-corrected chi connectivity index (χ1v) is 9.48. The molecule has 26 heavy (non-hydrogen) atoms. The molecule has 0 amide bonds. The number of aldehydes is 1. The highest BCUT2D eigenvalue weighted by atomic mass is 16.5. The molecule has 1 aromatic rings. The number of ether oxygens (including phenoxy) is 2. The van der Waals surface area contributed by atoms with Crippen LogP contribution in [0.3, 0.4) is 0 Å². The summed E-state index contributed by atoms with van der Waals surface area (Å²) >= 11 is 0. The van der Waals surface area contributed by atoms with Crippen LogP contribution in [0.4, 0.5) is 0 Å². The molecule has 0 aliphatic heterocycles. The van der Waals surface area contributed by atoms with Crippen molar-refractivity contribution >= 4 is 6.29 Å². The van der Waals surface area contributed by atoms with Crippen molar-refractivity contribution < 1.29 is 14.3 Å². The maximum Gasteiger partial charge on any atom is 0.161 e. The molecule has 1 aromatic carbocycles. The lowest BCUT2D eigenvalue weighted by atomic mass is 9.68. The molecule has 0 saturated heterocycles. The lowest BCUT2D eigenvalue weighted by Crippen LogP contribution is -2.28. The van der Waals surface area contributed by atoms with Crippen molar-refractivity contribution in [2.75, 3.05) is 6.61 Å². The smallest absolute Gasteiger partial charge is 0.161 e. The van der Waals surface area contributed by atoms with Gasteiger partial charge < -0.3 is 9.47 Å². The van der Waals surface area contributed by atoms with Crippen LogP contribution in [0.5, 0.6) is 11.5 Å². The first-order chi connectivity index (χ1) is 12.2. The van der Waals surface area contributed by atoms with Gasteiger partial charge in [-0.1, -0.05) is 52.0 Å². The summed E-state index contributed by atoms with van der Waals surface area (Å²) in [6.45, 7) is 13.6. The van der Waals surface area contributed by atoms with Gasteiger partial charge in [-0.3, -0.25) is 4.79 Å². The van der Waals surface area contributed by atoms with E-state index in [-0.39, 0.29) is 22.9 Å². The summed E-state index contributed by atoms with van der Waals surface area (Å²) < 4.78 is 11.8. The first kappa shape index (κ1) is 20.3. The highest BCUT2D eigenvalue weighted by Gasteiger charge is 2.39. The Hall–Kier alpha value is -2.03. The molecule has 0 aromatic heterocycles. The third-order valence-corrected chi connectivity index (χ3v) is 5.77. The fourth-order valence-electron chi connectivity index (χ4n) is 3.13. The van der Waals surface area contributed by atoms with E-state index in [1.54, 1.807) is 12.1 Å². The third-order valence-electron chi connectivity index (χ3n) is 5.77. The van der Waals surface area contributed by atoms with Crippen LogP contribution in [0.1, 0.15) is 58.3 Å². The Morgan fingerprint density at radius 2 is 1.92 bits per heavy atom. The minimum atomic E-state index is -0.00592. The molecule has 0 heterocycles. The molecular formula is C23H32O3. The number of rotatable bonds is 8. The third kappa shape index (κ3) is 4.38. The zero-order valence-corrected chi connectivity index (χ0v) is 16.9. The van der Waals surface area contributed by atoms with Crippen molar-refractivity contribution in [2.24, 2.45) is 16.7 Å². The van der Waals surface area contributed by atoms with Gasteiger partial charge in [0.15, 0.2) is 11.5 Å². The highest BCUT2D eigenvalue weighted by molar-refractivity contribution is 5.76. The van der Waals surface area contributed by atoms with Gasteiger partial charge >= 0.3 is 0 Å². The summed E-state index contributed by atoms with van der Waals surface area (Å²) in [5.74, 6) is 1.55. The van der Waals surface area contributed by atoms with E-state index in [0.717, 1.165) is 12.7 Å². The average Bonchev–Trinajstić information content (AvgIpc) is 2.87. The van der Waals surface area contributed by atoms with E-state index in [2.05, 4.69) is 58.9 Å². The lowest BCUT2D eigenvalue weighted by molar-refractivity contribution is 0.112. The van der Waals surface area contributed by atoms with Crippen LogP contribution >= 0.6 is 0 Å². The van der Waals surface area contributed by atoms with Gasteiger partial charge in [0.25, 0.3) is 0 Å². The second kappa shape index (κ2) is 8.11. The standard InChI is InChI=1S/C23H32O3/c1-7-25-21-15-19(16-24)9-10-20(21)26-18(3)17(2)11-14-23(6)13-8-12-22(23,4)5/h8-12,14-18H,7,13H2,1-6H3. The Balaban J connectivity index is 2.09. The summed E-state index contributed by atoms with van der Waals surface area (Å²) in [7, 11) is 0. The van der Waals surface area contributed by atoms with E-state index in [1.807, 2.05) is 13.0 Å². The molecule has 2 rings (SSSR count). The fourth-order valence-corrected chi connectivity index (χ4v) is 3.13. The van der Waals surface area contributed by atoms with E-state index < -0.39 is 0 Å². The predicted molar refractivity (Wildman–Crippen MR) is 107 cm³/mol. The maximum atomic E-state index is 11.0. The van der Waals surface area contributed by atoms with E-state index in [1.165, 1.54) is 0 Å². The molecule has 0 saturated carbocycles. The highest BCUT2D eigenvalue weighted by Crippen LogP contribution is 2.49. The van der Waals surface area contributed by atoms with Crippen LogP contribution in [0, 0.1) is 16.7 Å². The van der Waals surface area contributed by atoms with Gasteiger partial charge in [0.2, 0.25) is 0 Å². The summed E-state index contributed by atoms with van der Waals surface area (Å²) in [6, 6.07) is 5.30. The van der Waals surface area contributed by atoms with Crippen LogP contribution in [0.25, 0.3) is 0 Å². The summed E-state index contributed by atoms with van der Waals surface area (Å²) in [5, 5.41) is 0. The van der Waals surface area contributed by atoms with E-state index in [4.69, 9.17) is 9.47 Å². The summed E-state index contributed by atoms with van der Waals surface area (Å²) in [5.41, 5.74) is 0.897. The molecule has 0 bridgehead atoms. The fraction of sp³-hybridized carbons (Fsp3) is 0.522. The average molecular weight is 357 g/mol. The molecule has 142 valence electrons. The molecule has 0 radical (unpaired) electrons. The van der Waals surface area contributed by atoms with Crippen LogP contribution in [-0.2, 0) is 0 Å². The van der Waals surface area contributed by atoms with E-state index in [9.17, 15) is 4.79 Å².